The van der Waals surface area contributed by atoms with Gasteiger partial charge in [0.05, 0.1) is 5.69 Å². The van der Waals surface area contributed by atoms with Crippen LogP contribution in [0.3, 0.4) is 0 Å². The van der Waals surface area contributed by atoms with Crippen LogP contribution in [0.15, 0.2) is 42.6 Å². The molecule has 2 heterocycles. The minimum absolute atomic E-state index is 0.495. The third-order valence-corrected chi connectivity index (χ3v) is 4.01. The Hall–Kier alpha value is -1.91. The van der Waals surface area contributed by atoms with Crippen LogP contribution in [0.25, 0.3) is 0 Å². The van der Waals surface area contributed by atoms with Crippen LogP contribution in [0.1, 0.15) is 16.8 Å². The van der Waals surface area contributed by atoms with Crippen LogP contribution in [0.5, 0.6) is 0 Å². The van der Waals surface area contributed by atoms with Crippen molar-refractivity contribution in [2.45, 2.75) is 25.6 Å². The van der Waals surface area contributed by atoms with Crippen molar-refractivity contribution in [2.24, 2.45) is 0 Å². The van der Waals surface area contributed by atoms with Gasteiger partial charge in [0.1, 0.15) is 6.04 Å². The average molecular weight is 303 g/mol. The van der Waals surface area contributed by atoms with Gasteiger partial charge in [0, 0.05) is 24.3 Å². The quantitative estimate of drug-likeness (QED) is 0.947. The molecule has 1 aromatic carbocycles. The molecule has 3 rings (SSSR count). The second-order valence-electron chi connectivity index (χ2n) is 5.20. The Morgan fingerprint density at radius 2 is 2.19 bits per heavy atom. The van der Waals surface area contributed by atoms with Crippen LogP contribution in [0.2, 0.25) is 5.02 Å². The number of hydrogen-bond donors (Lipinski definition) is 1. The van der Waals surface area contributed by atoms with Crippen LogP contribution in [-0.2, 0) is 24.3 Å². The van der Waals surface area contributed by atoms with Gasteiger partial charge in [-0.15, -0.1) is 0 Å². The van der Waals surface area contributed by atoms with Crippen LogP contribution < -0.4 is 0 Å². The highest BCUT2D eigenvalue weighted by Gasteiger charge is 2.31. The first-order chi connectivity index (χ1) is 10.1. The summed E-state index contributed by atoms with van der Waals surface area (Å²) in [5, 5.41) is 10.2. The highest BCUT2D eigenvalue weighted by Crippen LogP contribution is 2.27. The van der Waals surface area contributed by atoms with Crippen molar-refractivity contribution in [3.05, 3.63) is 64.4 Å². The summed E-state index contributed by atoms with van der Waals surface area (Å²) in [5.74, 6) is -0.800. The van der Waals surface area contributed by atoms with Crippen molar-refractivity contribution in [1.82, 2.24) is 9.88 Å². The number of halogens is 1. The monoisotopic (exact) mass is 302 g/mol. The van der Waals surface area contributed by atoms with E-state index in [9.17, 15) is 9.90 Å². The van der Waals surface area contributed by atoms with E-state index < -0.39 is 12.0 Å². The Bertz CT molecular complexity index is 661. The second-order valence-corrected chi connectivity index (χ2v) is 5.63. The normalized spacial score (nSPS) is 18.2. The maximum atomic E-state index is 11.5. The minimum Gasteiger partial charge on any atom is -0.480 e. The number of carbonyl (C=O) groups is 1. The summed E-state index contributed by atoms with van der Waals surface area (Å²) < 4.78 is 0. The van der Waals surface area contributed by atoms with E-state index in [1.54, 1.807) is 6.20 Å². The maximum absolute atomic E-state index is 11.5. The number of carboxylic acid groups (broad SMARTS) is 1. The fraction of sp³-hybridized carbons (Fsp3) is 0.250. The van der Waals surface area contributed by atoms with E-state index in [0.29, 0.717) is 24.5 Å². The fourth-order valence-corrected chi connectivity index (χ4v) is 2.91. The molecule has 4 nitrogen and oxygen atoms in total. The van der Waals surface area contributed by atoms with Crippen LogP contribution in [0, 0.1) is 0 Å². The summed E-state index contributed by atoms with van der Waals surface area (Å²) in [6, 6.07) is 10.8. The molecule has 0 saturated carbocycles. The lowest BCUT2D eigenvalue weighted by molar-refractivity contribution is -0.144. The molecule has 0 saturated heterocycles. The van der Waals surface area contributed by atoms with Crippen molar-refractivity contribution in [2.75, 3.05) is 0 Å². The van der Waals surface area contributed by atoms with Gasteiger partial charge < -0.3 is 5.11 Å². The first-order valence-corrected chi connectivity index (χ1v) is 7.15. The van der Waals surface area contributed by atoms with E-state index in [1.165, 1.54) is 0 Å². The number of hydrogen-bond acceptors (Lipinski definition) is 3. The van der Waals surface area contributed by atoms with E-state index in [1.807, 2.05) is 41.3 Å². The molecule has 1 atom stereocenters. The van der Waals surface area contributed by atoms with E-state index in [0.717, 1.165) is 16.8 Å². The van der Waals surface area contributed by atoms with Crippen LogP contribution in [-0.4, -0.2) is 27.0 Å². The molecule has 0 aliphatic carbocycles. The third kappa shape index (κ3) is 3.06. The number of rotatable bonds is 3. The molecule has 2 aromatic rings. The van der Waals surface area contributed by atoms with Gasteiger partial charge in [0.25, 0.3) is 0 Å². The largest absolute Gasteiger partial charge is 0.480 e. The molecule has 0 amide bonds. The van der Waals surface area contributed by atoms with Gasteiger partial charge in [-0.3, -0.25) is 14.7 Å². The molecule has 1 aliphatic rings. The molecule has 108 valence electrons. The maximum Gasteiger partial charge on any atom is 0.321 e. The Labute approximate surface area is 128 Å². The zero-order chi connectivity index (χ0) is 14.8. The van der Waals surface area contributed by atoms with E-state index in [4.69, 9.17) is 11.6 Å². The molecule has 0 unspecified atom stereocenters. The van der Waals surface area contributed by atoms with Crippen molar-refractivity contribution in [1.29, 1.82) is 0 Å². The summed E-state index contributed by atoms with van der Waals surface area (Å²) in [5.41, 5.74) is 3.02. The zero-order valence-electron chi connectivity index (χ0n) is 11.4. The van der Waals surface area contributed by atoms with E-state index in [-0.39, 0.29) is 0 Å². The summed E-state index contributed by atoms with van der Waals surface area (Å²) in [4.78, 5) is 17.8. The Kier molecular flexibility index (Phi) is 3.90. The SMILES string of the molecule is O=C(O)[C@H]1Cc2ccc(Cl)cc2CN1Cc1ccccn1. The Balaban J connectivity index is 1.89. The molecular weight excluding hydrogens is 288 g/mol. The molecule has 1 aliphatic heterocycles. The average Bonchev–Trinajstić information content (AvgIpc) is 2.47. The number of benzene rings is 1. The second kappa shape index (κ2) is 5.84. The van der Waals surface area contributed by atoms with Crippen molar-refractivity contribution in [3.8, 4) is 0 Å². The smallest absolute Gasteiger partial charge is 0.321 e. The molecular formula is C16H15ClN2O2. The standard InChI is InChI=1S/C16H15ClN2O2/c17-13-5-4-11-8-15(16(20)21)19(9-12(11)7-13)10-14-3-1-2-6-18-14/h1-7,15H,8-10H2,(H,20,21)/t15-/m1/s1. The molecule has 0 radical (unpaired) electrons. The molecule has 0 fully saturated rings. The van der Waals surface area contributed by atoms with Crippen molar-refractivity contribution < 1.29 is 9.90 Å². The lowest BCUT2D eigenvalue weighted by Gasteiger charge is -2.34. The van der Waals surface area contributed by atoms with Crippen LogP contribution >= 0.6 is 11.6 Å². The van der Waals surface area contributed by atoms with Crippen molar-refractivity contribution >= 4 is 17.6 Å². The first-order valence-electron chi connectivity index (χ1n) is 6.77. The molecule has 21 heavy (non-hydrogen) atoms. The zero-order valence-corrected chi connectivity index (χ0v) is 12.1. The minimum atomic E-state index is -0.800. The number of aromatic nitrogens is 1. The fourth-order valence-electron chi connectivity index (χ4n) is 2.72. The lowest BCUT2D eigenvalue weighted by atomic mass is 9.94. The van der Waals surface area contributed by atoms with Gasteiger partial charge in [-0.25, -0.2) is 0 Å². The van der Waals surface area contributed by atoms with E-state index in [2.05, 4.69) is 4.98 Å². The predicted molar refractivity (Wildman–Crippen MR) is 80.1 cm³/mol. The number of carboxylic acids is 1. The molecule has 1 N–H and O–H groups in total. The van der Waals surface area contributed by atoms with Gasteiger partial charge in [0.2, 0.25) is 0 Å². The van der Waals surface area contributed by atoms with Gasteiger partial charge in [-0.05, 0) is 41.8 Å². The van der Waals surface area contributed by atoms with Gasteiger partial charge >= 0.3 is 5.97 Å². The third-order valence-electron chi connectivity index (χ3n) is 3.77. The number of aliphatic carboxylic acids is 1. The van der Waals surface area contributed by atoms with Gasteiger partial charge in [-0.1, -0.05) is 23.7 Å². The Morgan fingerprint density at radius 3 is 2.90 bits per heavy atom. The van der Waals surface area contributed by atoms with Gasteiger partial charge in [0.15, 0.2) is 0 Å². The summed E-state index contributed by atoms with van der Waals surface area (Å²) >= 11 is 6.04. The molecule has 5 heteroatoms. The Morgan fingerprint density at radius 1 is 1.33 bits per heavy atom. The summed E-state index contributed by atoms with van der Waals surface area (Å²) in [6.45, 7) is 1.09. The summed E-state index contributed by atoms with van der Waals surface area (Å²) in [7, 11) is 0. The lowest BCUT2D eigenvalue weighted by Crippen LogP contribution is -2.45. The summed E-state index contributed by atoms with van der Waals surface area (Å²) in [6.07, 6.45) is 2.22. The van der Waals surface area contributed by atoms with E-state index >= 15 is 0 Å². The topological polar surface area (TPSA) is 53.4 Å². The molecule has 0 spiro atoms. The highest BCUT2D eigenvalue weighted by molar-refractivity contribution is 6.30. The molecule has 0 bridgehead atoms. The van der Waals surface area contributed by atoms with Crippen molar-refractivity contribution in [3.63, 3.8) is 0 Å². The number of fused-ring (bicyclic) bond motifs is 1. The number of nitrogens with zero attached hydrogens (tertiary/aromatic N) is 2. The first kappa shape index (κ1) is 14.0. The number of pyridine rings is 1. The van der Waals surface area contributed by atoms with Gasteiger partial charge in [-0.2, -0.15) is 0 Å². The van der Waals surface area contributed by atoms with Crippen LogP contribution in [0.4, 0.5) is 0 Å². The molecule has 1 aromatic heterocycles. The highest BCUT2D eigenvalue weighted by atomic mass is 35.5. The predicted octanol–water partition coefficient (Wildman–Crippen LogP) is 2.75.